The average Bonchev–Trinajstić information content (AvgIpc) is 3.02. The van der Waals surface area contributed by atoms with E-state index in [9.17, 15) is 4.79 Å². The van der Waals surface area contributed by atoms with E-state index in [-0.39, 0.29) is 5.91 Å². The Bertz CT molecular complexity index is 1120. The Hall–Kier alpha value is -3.06. The summed E-state index contributed by atoms with van der Waals surface area (Å²) >= 11 is 3.43. The Morgan fingerprint density at radius 3 is 2.85 bits per heavy atom. The van der Waals surface area contributed by atoms with Crippen LogP contribution in [0.4, 0.5) is 0 Å². The number of benzene rings is 1. The van der Waals surface area contributed by atoms with Crippen LogP contribution < -0.4 is 5.32 Å². The van der Waals surface area contributed by atoms with Crippen molar-refractivity contribution >= 4 is 32.7 Å². The molecule has 0 bridgehead atoms. The maximum atomic E-state index is 12.8. The summed E-state index contributed by atoms with van der Waals surface area (Å²) in [6, 6.07) is 13.3. The fourth-order valence-electron chi connectivity index (χ4n) is 3.05. The first kappa shape index (κ1) is 17.4. The number of rotatable bonds is 4. The third-order valence-corrected chi connectivity index (χ3v) is 4.77. The van der Waals surface area contributed by atoms with Crippen LogP contribution in [0, 0.1) is 0 Å². The highest BCUT2D eigenvalue weighted by Gasteiger charge is 2.17. The predicted molar refractivity (Wildman–Crippen MR) is 107 cm³/mol. The molecule has 3 heterocycles. The maximum absolute atomic E-state index is 12.8. The largest absolute Gasteiger partial charge is 0.347 e. The molecular weight excluding hydrogens is 406 g/mol. The number of fused-ring (bicyclic) bond motifs is 1. The van der Waals surface area contributed by atoms with E-state index < -0.39 is 0 Å². The van der Waals surface area contributed by atoms with Crippen molar-refractivity contribution in [3.63, 3.8) is 0 Å². The molecule has 0 unspecified atom stereocenters. The first-order valence-corrected chi connectivity index (χ1v) is 9.17. The number of carbonyl (C=O) groups excluding carboxylic acids is 1. The third-order valence-electron chi connectivity index (χ3n) is 4.28. The fraction of sp³-hybridized carbons (Fsp3) is 0.100. The molecule has 0 aliphatic carbocycles. The van der Waals surface area contributed by atoms with Crippen LogP contribution in [0.5, 0.6) is 0 Å². The quantitative estimate of drug-likeness (QED) is 0.544. The molecule has 1 N–H and O–H groups in total. The number of halogens is 1. The summed E-state index contributed by atoms with van der Waals surface area (Å²) in [7, 11) is 1.77. The third kappa shape index (κ3) is 3.46. The minimum atomic E-state index is -0.177. The van der Waals surface area contributed by atoms with Crippen molar-refractivity contribution in [3.05, 3.63) is 76.8 Å². The van der Waals surface area contributed by atoms with Gasteiger partial charge in [-0.15, -0.1) is 0 Å². The number of hydrogen-bond acceptors (Lipinski definition) is 4. The smallest absolute Gasteiger partial charge is 0.270 e. The van der Waals surface area contributed by atoms with E-state index in [0.29, 0.717) is 12.2 Å². The van der Waals surface area contributed by atoms with Crippen LogP contribution in [0.15, 0.2) is 65.5 Å². The normalized spacial score (nSPS) is 10.9. The van der Waals surface area contributed by atoms with Crippen molar-refractivity contribution in [1.29, 1.82) is 0 Å². The topological polar surface area (TPSA) is 72.7 Å². The van der Waals surface area contributed by atoms with Crippen molar-refractivity contribution in [1.82, 2.24) is 25.1 Å². The highest BCUT2D eigenvalue weighted by Crippen LogP contribution is 2.23. The lowest BCUT2D eigenvalue weighted by Gasteiger charge is -2.10. The Morgan fingerprint density at radius 1 is 1.19 bits per heavy atom. The van der Waals surface area contributed by atoms with Gasteiger partial charge < -0.3 is 5.32 Å². The molecule has 27 heavy (non-hydrogen) atoms. The van der Waals surface area contributed by atoms with Gasteiger partial charge in [0.15, 0.2) is 0 Å². The molecule has 0 atom stereocenters. The molecule has 1 amide bonds. The highest BCUT2D eigenvalue weighted by atomic mass is 79.9. The van der Waals surface area contributed by atoms with Crippen LogP contribution in [0.25, 0.3) is 22.2 Å². The second-order valence-corrected chi connectivity index (χ2v) is 6.98. The zero-order chi connectivity index (χ0) is 18.8. The maximum Gasteiger partial charge on any atom is 0.270 e. The van der Waals surface area contributed by atoms with Crippen LogP contribution >= 0.6 is 15.9 Å². The predicted octanol–water partition coefficient (Wildman–Crippen LogP) is 3.72. The molecular formula is C20H16BrN5O. The fourth-order valence-corrected chi connectivity index (χ4v) is 3.40. The monoisotopic (exact) mass is 421 g/mol. The lowest BCUT2D eigenvalue weighted by atomic mass is 10.1. The van der Waals surface area contributed by atoms with Crippen molar-refractivity contribution in [2.75, 3.05) is 0 Å². The van der Waals surface area contributed by atoms with E-state index in [1.54, 1.807) is 30.3 Å². The van der Waals surface area contributed by atoms with Crippen LogP contribution in [-0.4, -0.2) is 25.7 Å². The summed E-state index contributed by atoms with van der Waals surface area (Å²) in [6.45, 7) is 0.361. The van der Waals surface area contributed by atoms with Gasteiger partial charge in [-0.05, 0) is 42.0 Å². The van der Waals surface area contributed by atoms with E-state index in [1.165, 1.54) is 0 Å². The van der Waals surface area contributed by atoms with E-state index in [1.807, 2.05) is 42.5 Å². The molecule has 0 radical (unpaired) electrons. The zero-order valence-electron chi connectivity index (χ0n) is 14.6. The molecule has 0 spiro atoms. The van der Waals surface area contributed by atoms with Gasteiger partial charge in [-0.3, -0.25) is 19.4 Å². The van der Waals surface area contributed by atoms with E-state index in [4.69, 9.17) is 0 Å². The SMILES string of the molecule is Cn1nc2cc(Br)ccc2c1C(=O)NCc1cccnc1-c1cccnc1. The number of amides is 1. The van der Waals surface area contributed by atoms with E-state index in [0.717, 1.165) is 32.2 Å². The summed E-state index contributed by atoms with van der Waals surface area (Å²) < 4.78 is 2.54. The van der Waals surface area contributed by atoms with Gasteiger partial charge in [0.2, 0.25) is 0 Å². The summed E-state index contributed by atoms with van der Waals surface area (Å²) in [6.07, 6.45) is 5.22. The van der Waals surface area contributed by atoms with Gasteiger partial charge in [0.05, 0.1) is 11.2 Å². The average molecular weight is 422 g/mol. The Morgan fingerprint density at radius 2 is 2.04 bits per heavy atom. The van der Waals surface area contributed by atoms with Crippen molar-refractivity contribution in [2.24, 2.45) is 7.05 Å². The molecule has 0 aliphatic heterocycles. The number of carbonyl (C=O) groups is 1. The number of aryl methyl sites for hydroxylation is 1. The van der Waals surface area contributed by atoms with Gasteiger partial charge >= 0.3 is 0 Å². The van der Waals surface area contributed by atoms with Gasteiger partial charge in [0.25, 0.3) is 5.91 Å². The second-order valence-electron chi connectivity index (χ2n) is 6.07. The molecule has 0 fully saturated rings. The van der Waals surface area contributed by atoms with Gasteiger partial charge in [0.1, 0.15) is 5.69 Å². The molecule has 134 valence electrons. The standard InChI is InChI=1S/C20H16BrN5O/c1-26-19(16-7-6-15(21)10-17(16)25-26)20(27)24-12-14-5-3-9-23-18(14)13-4-2-8-22-11-13/h2-11H,12H2,1H3,(H,24,27). The molecule has 6 nitrogen and oxygen atoms in total. The van der Waals surface area contributed by atoms with E-state index >= 15 is 0 Å². The van der Waals surface area contributed by atoms with Gasteiger partial charge in [-0.25, -0.2) is 0 Å². The van der Waals surface area contributed by atoms with Crippen molar-refractivity contribution in [3.8, 4) is 11.3 Å². The summed E-state index contributed by atoms with van der Waals surface area (Å²) in [5.74, 6) is -0.177. The molecule has 0 saturated carbocycles. The summed E-state index contributed by atoms with van der Waals surface area (Å²) in [5.41, 5.74) is 3.95. The number of nitrogens with zero attached hydrogens (tertiary/aromatic N) is 4. The highest BCUT2D eigenvalue weighted by molar-refractivity contribution is 9.10. The number of nitrogens with one attached hydrogen (secondary N) is 1. The number of aromatic nitrogens is 4. The minimum absolute atomic E-state index is 0.177. The van der Waals surface area contributed by atoms with Gasteiger partial charge in [0, 0.05) is 47.6 Å². The molecule has 0 aliphatic rings. The lowest BCUT2D eigenvalue weighted by molar-refractivity contribution is 0.0943. The minimum Gasteiger partial charge on any atom is -0.347 e. The van der Waals surface area contributed by atoms with Crippen molar-refractivity contribution in [2.45, 2.75) is 6.54 Å². The molecule has 0 saturated heterocycles. The van der Waals surface area contributed by atoms with Crippen LogP contribution in [-0.2, 0) is 13.6 Å². The van der Waals surface area contributed by atoms with Crippen LogP contribution in [0.3, 0.4) is 0 Å². The Kier molecular flexibility index (Phi) is 4.68. The first-order valence-electron chi connectivity index (χ1n) is 8.38. The molecule has 4 rings (SSSR count). The Labute approximate surface area is 164 Å². The number of hydrogen-bond donors (Lipinski definition) is 1. The van der Waals surface area contributed by atoms with Crippen molar-refractivity contribution < 1.29 is 4.79 Å². The zero-order valence-corrected chi connectivity index (χ0v) is 16.1. The molecule has 7 heteroatoms. The van der Waals surface area contributed by atoms with Gasteiger partial charge in [-0.1, -0.05) is 22.0 Å². The van der Waals surface area contributed by atoms with Crippen LogP contribution in [0.2, 0.25) is 0 Å². The van der Waals surface area contributed by atoms with Gasteiger partial charge in [-0.2, -0.15) is 5.10 Å². The lowest BCUT2D eigenvalue weighted by Crippen LogP contribution is -2.25. The molecule has 3 aromatic heterocycles. The summed E-state index contributed by atoms with van der Waals surface area (Å²) in [5, 5.41) is 8.22. The first-order chi connectivity index (χ1) is 13.1. The second kappa shape index (κ2) is 7.28. The molecule has 4 aromatic rings. The summed E-state index contributed by atoms with van der Waals surface area (Å²) in [4.78, 5) is 21.4. The van der Waals surface area contributed by atoms with E-state index in [2.05, 4.69) is 36.3 Å². The van der Waals surface area contributed by atoms with Crippen LogP contribution in [0.1, 0.15) is 16.1 Å². The number of pyridine rings is 2. The Balaban J connectivity index is 1.60. The molecule has 1 aromatic carbocycles.